The van der Waals surface area contributed by atoms with E-state index in [4.69, 9.17) is 4.55 Å². The highest BCUT2D eigenvalue weighted by atomic mass is 32.2. The van der Waals surface area contributed by atoms with E-state index in [0.29, 0.717) is 16.3 Å². The van der Waals surface area contributed by atoms with Gasteiger partial charge in [-0.15, -0.1) is 0 Å². The lowest BCUT2D eigenvalue weighted by Gasteiger charge is -2.15. The minimum Gasteiger partial charge on any atom is -0.507 e. The van der Waals surface area contributed by atoms with Crippen molar-refractivity contribution in [2.75, 3.05) is 10.0 Å². The van der Waals surface area contributed by atoms with E-state index in [-0.39, 0.29) is 17.1 Å². The number of benzene rings is 3. The minimum atomic E-state index is -2.32. The number of carbonyl (C=O) groups excluding carboxylic acids is 1. The van der Waals surface area contributed by atoms with Gasteiger partial charge in [0.05, 0.1) is 11.4 Å². The highest BCUT2D eigenvalue weighted by molar-refractivity contribution is 7.80. The van der Waals surface area contributed by atoms with Crippen molar-refractivity contribution in [3.05, 3.63) is 66.2 Å². The molecule has 3 aromatic carbocycles. The third-order valence-electron chi connectivity index (χ3n) is 3.50. The molecule has 0 fully saturated rings. The van der Waals surface area contributed by atoms with E-state index in [1.54, 1.807) is 54.6 Å². The summed E-state index contributed by atoms with van der Waals surface area (Å²) in [5.74, 6) is -0.429. The molecule has 3 rings (SSSR count). The third-order valence-corrected chi connectivity index (χ3v) is 3.89. The van der Waals surface area contributed by atoms with Crippen LogP contribution < -0.4 is 10.0 Å². The number of nitrogens with one attached hydrogen (secondary N) is 2. The second-order valence-corrected chi connectivity index (χ2v) is 5.74. The molecule has 1 atom stereocenters. The summed E-state index contributed by atoms with van der Waals surface area (Å²) in [6, 6.07) is 16.7. The van der Waals surface area contributed by atoms with Crippen molar-refractivity contribution in [2.45, 2.75) is 0 Å². The van der Waals surface area contributed by atoms with Crippen LogP contribution in [0.5, 0.6) is 5.75 Å². The predicted octanol–water partition coefficient (Wildman–Crippen LogP) is 3.35. The van der Waals surface area contributed by atoms with E-state index in [0.717, 1.165) is 0 Å². The molecule has 24 heavy (non-hydrogen) atoms. The Balaban J connectivity index is 2.12. The molecule has 0 saturated heterocycles. The van der Waals surface area contributed by atoms with Crippen LogP contribution in [0.25, 0.3) is 10.8 Å². The van der Waals surface area contributed by atoms with Gasteiger partial charge >= 0.3 is 0 Å². The van der Waals surface area contributed by atoms with Gasteiger partial charge in [0.2, 0.25) is 0 Å². The highest BCUT2D eigenvalue weighted by Gasteiger charge is 2.15. The summed E-state index contributed by atoms with van der Waals surface area (Å²) in [5.41, 5.74) is 0.900. The molecule has 122 valence electrons. The smallest absolute Gasteiger partial charge is 0.259 e. The normalized spacial score (nSPS) is 11.9. The van der Waals surface area contributed by atoms with Gasteiger partial charge in [-0.05, 0) is 29.7 Å². The molecule has 0 spiro atoms. The molecule has 0 radical (unpaired) electrons. The molecule has 0 saturated carbocycles. The van der Waals surface area contributed by atoms with Crippen LogP contribution in [-0.4, -0.2) is 19.8 Å². The van der Waals surface area contributed by atoms with Crippen LogP contribution in [0.2, 0.25) is 0 Å². The van der Waals surface area contributed by atoms with Gasteiger partial charge in [0, 0.05) is 10.9 Å². The molecule has 7 heteroatoms. The molecule has 3 aromatic rings. The van der Waals surface area contributed by atoms with Crippen LogP contribution in [0.3, 0.4) is 0 Å². The summed E-state index contributed by atoms with van der Waals surface area (Å²) in [6.07, 6.45) is 0. The summed E-state index contributed by atoms with van der Waals surface area (Å²) >= 11 is -2.32. The lowest BCUT2D eigenvalue weighted by atomic mass is 10.1. The molecule has 0 aliphatic rings. The van der Waals surface area contributed by atoms with Crippen LogP contribution in [0.4, 0.5) is 11.4 Å². The van der Waals surface area contributed by atoms with Crippen molar-refractivity contribution in [2.24, 2.45) is 0 Å². The number of carbonyl (C=O) groups is 1. The van der Waals surface area contributed by atoms with Crippen molar-refractivity contribution in [3.8, 4) is 5.75 Å². The Morgan fingerprint density at radius 2 is 1.71 bits per heavy atom. The fraction of sp³-hybridized carbons (Fsp3) is 0. The lowest BCUT2D eigenvalue weighted by Crippen LogP contribution is -2.14. The second kappa shape index (κ2) is 6.69. The van der Waals surface area contributed by atoms with Crippen molar-refractivity contribution in [3.63, 3.8) is 0 Å². The number of amides is 1. The number of rotatable bonds is 4. The monoisotopic (exact) mass is 342 g/mol. The van der Waals surface area contributed by atoms with Crippen molar-refractivity contribution in [1.29, 1.82) is 0 Å². The molecule has 0 heterocycles. The summed E-state index contributed by atoms with van der Waals surface area (Å²) < 4.78 is 22.6. The predicted molar refractivity (Wildman–Crippen MR) is 94.4 cm³/mol. The Hall–Kier alpha value is -2.90. The number of phenols is 1. The molecule has 0 aliphatic carbocycles. The van der Waals surface area contributed by atoms with E-state index in [1.165, 1.54) is 6.07 Å². The van der Waals surface area contributed by atoms with Crippen LogP contribution in [0.15, 0.2) is 60.7 Å². The molecule has 4 N–H and O–H groups in total. The third kappa shape index (κ3) is 3.22. The maximum Gasteiger partial charge on any atom is 0.259 e. The molecule has 1 unspecified atom stereocenters. The van der Waals surface area contributed by atoms with Crippen molar-refractivity contribution >= 4 is 39.3 Å². The Morgan fingerprint density at radius 1 is 0.958 bits per heavy atom. The topological polar surface area (TPSA) is 98.7 Å². The summed E-state index contributed by atoms with van der Waals surface area (Å²) in [5, 5.41) is 14.0. The minimum absolute atomic E-state index is 0.0387. The zero-order chi connectivity index (χ0) is 17.1. The quantitative estimate of drug-likeness (QED) is 0.547. The first kappa shape index (κ1) is 16.0. The molecule has 6 nitrogen and oxygen atoms in total. The summed E-state index contributed by atoms with van der Waals surface area (Å²) in [6.45, 7) is 0. The number of hydrogen-bond donors (Lipinski definition) is 4. The Kier molecular flexibility index (Phi) is 4.45. The fourth-order valence-corrected chi connectivity index (χ4v) is 2.80. The van der Waals surface area contributed by atoms with Gasteiger partial charge in [-0.1, -0.05) is 36.4 Å². The van der Waals surface area contributed by atoms with E-state index in [9.17, 15) is 14.1 Å². The number of anilines is 2. The average molecular weight is 342 g/mol. The fourth-order valence-electron chi connectivity index (χ4n) is 2.44. The van der Waals surface area contributed by atoms with Crippen LogP contribution in [0, 0.1) is 0 Å². The zero-order valence-electron chi connectivity index (χ0n) is 12.4. The standard InChI is InChI=1S/C17H14N2O4S/c20-14-8-4-7-11-9-10-13(19-24(22)23)16(15(11)14)18-17(21)12-5-2-1-3-6-12/h1-10,19-20H,(H,18,21)(H,22,23). The maximum atomic E-state index is 12.4. The van der Waals surface area contributed by atoms with Gasteiger partial charge < -0.3 is 10.4 Å². The van der Waals surface area contributed by atoms with E-state index in [1.807, 2.05) is 0 Å². The van der Waals surface area contributed by atoms with Crippen LogP contribution in [0.1, 0.15) is 10.4 Å². The van der Waals surface area contributed by atoms with Crippen LogP contribution in [-0.2, 0) is 11.3 Å². The van der Waals surface area contributed by atoms with Gasteiger partial charge in [0.15, 0.2) is 0 Å². The Morgan fingerprint density at radius 3 is 2.42 bits per heavy atom. The van der Waals surface area contributed by atoms with Crippen molar-refractivity contribution < 1.29 is 18.7 Å². The van der Waals surface area contributed by atoms with Gasteiger partial charge in [-0.25, -0.2) is 4.21 Å². The molecular weight excluding hydrogens is 328 g/mol. The van der Waals surface area contributed by atoms with Crippen molar-refractivity contribution in [1.82, 2.24) is 0 Å². The summed E-state index contributed by atoms with van der Waals surface area (Å²) in [7, 11) is 0. The highest BCUT2D eigenvalue weighted by Crippen LogP contribution is 2.37. The van der Waals surface area contributed by atoms with E-state index < -0.39 is 17.2 Å². The van der Waals surface area contributed by atoms with Crippen LogP contribution >= 0.6 is 0 Å². The Labute approximate surface area is 140 Å². The van der Waals surface area contributed by atoms with Gasteiger partial charge in [0.25, 0.3) is 17.2 Å². The summed E-state index contributed by atoms with van der Waals surface area (Å²) in [4.78, 5) is 12.4. The molecular formula is C17H14N2O4S. The number of hydrogen-bond acceptors (Lipinski definition) is 3. The molecule has 0 aromatic heterocycles. The largest absolute Gasteiger partial charge is 0.507 e. The van der Waals surface area contributed by atoms with E-state index in [2.05, 4.69) is 10.0 Å². The number of phenolic OH excluding ortho intramolecular Hbond substituents is 1. The van der Waals surface area contributed by atoms with E-state index >= 15 is 0 Å². The Bertz CT molecular complexity index is 929. The van der Waals surface area contributed by atoms with Gasteiger partial charge in [-0.3, -0.25) is 14.1 Å². The maximum absolute atomic E-state index is 12.4. The number of aromatic hydroxyl groups is 1. The SMILES string of the molecule is O=C(Nc1c(NS(=O)O)ccc2cccc(O)c12)c1ccccc1. The first-order valence-electron chi connectivity index (χ1n) is 7.05. The zero-order valence-corrected chi connectivity index (χ0v) is 13.2. The molecule has 0 bridgehead atoms. The second-order valence-electron chi connectivity index (χ2n) is 5.03. The van der Waals surface area contributed by atoms with Gasteiger partial charge in [0.1, 0.15) is 5.75 Å². The van der Waals surface area contributed by atoms with Gasteiger partial charge in [-0.2, -0.15) is 0 Å². The molecule has 1 amide bonds. The first-order valence-corrected chi connectivity index (χ1v) is 8.15. The lowest BCUT2D eigenvalue weighted by molar-refractivity contribution is 0.102. The molecule has 0 aliphatic heterocycles. The average Bonchev–Trinajstić information content (AvgIpc) is 2.57. The number of fused-ring (bicyclic) bond motifs is 1. The first-order chi connectivity index (χ1) is 11.6.